The average Bonchev–Trinajstić information content (AvgIpc) is 2.89. The molecule has 3 saturated carbocycles. The Morgan fingerprint density at radius 2 is 1.59 bits per heavy atom. The second-order valence-corrected chi connectivity index (χ2v) is 10.5. The minimum Gasteiger partial charge on any atom is -0.255 e. The summed E-state index contributed by atoms with van der Waals surface area (Å²) in [5.41, 5.74) is 6.86. The van der Waals surface area contributed by atoms with E-state index in [-0.39, 0.29) is 10.8 Å². The minimum atomic E-state index is 0.264. The number of aromatic nitrogens is 1. The fourth-order valence-corrected chi connectivity index (χ4v) is 9.94. The molecule has 0 radical (unpaired) electrons. The fourth-order valence-electron chi connectivity index (χ4n) is 9.94. The summed E-state index contributed by atoms with van der Waals surface area (Å²) in [6.45, 7) is 10.1. The van der Waals surface area contributed by atoms with Crippen molar-refractivity contribution in [3.63, 3.8) is 0 Å². The van der Waals surface area contributed by atoms with Crippen molar-refractivity contribution in [2.45, 2.75) is 51.4 Å². The molecule has 1 spiro atoms. The lowest BCUT2D eigenvalue weighted by atomic mass is 9.45. The number of hydrogen-bond donors (Lipinski definition) is 0. The summed E-state index contributed by atoms with van der Waals surface area (Å²) < 4.78 is 0. The van der Waals surface area contributed by atoms with Crippen molar-refractivity contribution >= 4 is 21.7 Å². The van der Waals surface area contributed by atoms with E-state index in [2.05, 4.69) is 58.2 Å². The molecule has 4 aliphatic rings. The van der Waals surface area contributed by atoms with Gasteiger partial charge in [-0.25, -0.2) is 0 Å². The van der Waals surface area contributed by atoms with E-state index < -0.39 is 0 Å². The maximum atomic E-state index is 9.49. The van der Waals surface area contributed by atoms with E-state index in [9.17, 15) is 5.26 Å². The molecular formula is C25H22N2. The van der Waals surface area contributed by atoms with Crippen LogP contribution in [0.25, 0.3) is 21.7 Å². The van der Waals surface area contributed by atoms with Crippen molar-refractivity contribution in [2.24, 2.45) is 16.2 Å². The van der Waals surface area contributed by atoms with Gasteiger partial charge >= 0.3 is 0 Å². The summed E-state index contributed by atoms with van der Waals surface area (Å²) in [5, 5.41) is 12.9. The maximum absolute atomic E-state index is 9.49. The van der Waals surface area contributed by atoms with Crippen molar-refractivity contribution in [3.05, 3.63) is 53.2 Å². The summed E-state index contributed by atoms with van der Waals surface area (Å²) in [6, 6.07) is 12.7. The maximum Gasteiger partial charge on any atom is 0.0998 e. The summed E-state index contributed by atoms with van der Waals surface area (Å²) >= 11 is 0. The molecular weight excluding hydrogens is 328 g/mol. The third-order valence-electron chi connectivity index (χ3n) is 10.0. The Kier molecular flexibility index (Phi) is 1.90. The number of benzene rings is 2. The minimum absolute atomic E-state index is 0.264. The van der Waals surface area contributed by atoms with E-state index in [0.29, 0.717) is 16.2 Å². The molecule has 0 amide bonds. The van der Waals surface area contributed by atoms with Gasteiger partial charge in [0, 0.05) is 38.6 Å². The number of fused-ring (bicyclic) bond motifs is 8. The van der Waals surface area contributed by atoms with Gasteiger partial charge in [-0.15, -0.1) is 0 Å². The molecule has 2 nitrogen and oxygen atoms in total. The first-order valence-corrected chi connectivity index (χ1v) is 10.1. The average molecular weight is 350 g/mol. The molecule has 5 atom stereocenters. The molecule has 1 heterocycles. The fraction of sp³-hybridized carbons (Fsp3) is 0.440. The standard InChI is InChI=1S/C25H22N2/c1-21-12-23(3)24(4)13-22(2,25(21,23)24)19-17-9-8-15-14(10-26)6-5-7-16(15)20(17)27-11-18(19)21/h5-9,11H,12-13H2,1-4H3. The third kappa shape index (κ3) is 0.969. The Balaban J connectivity index is 1.63. The van der Waals surface area contributed by atoms with Crippen LogP contribution in [-0.4, -0.2) is 4.98 Å². The van der Waals surface area contributed by atoms with Crippen LogP contribution >= 0.6 is 0 Å². The zero-order valence-electron chi connectivity index (χ0n) is 16.3. The van der Waals surface area contributed by atoms with Gasteiger partial charge in [0.1, 0.15) is 0 Å². The van der Waals surface area contributed by atoms with Gasteiger partial charge in [-0.1, -0.05) is 52.0 Å². The molecule has 0 N–H and O–H groups in total. The zero-order valence-corrected chi connectivity index (χ0v) is 16.3. The predicted octanol–water partition coefficient (Wildman–Crippen LogP) is 5.61. The Labute approximate surface area is 159 Å². The van der Waals surface area contributed by atoms with Crippen LogP contribution in [-0.2, 0) is 10.8 Å². The normalized spacial score (nSPS) is 44.7. The molecule has 0 aliphatic heterocycles. The van der Waals surface area contributed by atoms with E-state index >= 15 is 0 Å². The summed E-state index contributed by atoms with van der Waals surface area (Å²) in [4.78, 5) is 4.99. The van der Waals surface area contributed by atoms with Crippen LogP contribution in [0.1, 0.15) is 57.2 Å². The second kappa shape index (κ2) is 3.51. The van der Waals surface area contributed by atoms with E-state index in [4.69, 9.17) is 4.98 Å². The van der Waals surface area contributed by atoms with Crippen LogP contribution in [0.15, 0.2) is 36.5 Å². The highest BCUT2D eigenvalue weighted by Gasteiger charge is 3.06. The molecule has 2 heteroatoms. The van der Waals surface area contributed by atoms with Crippen LogP contribution in [0.4, 0.5) is 0 Å². The topological polar surface area (TPSA) is 36.7 Å². The van der Waals surface area contributed by atoms with E-state index in [1.54, 1.807) is 5.56 Å². The molecule has 27 heavy (non-hydrogen) atoms. The SMILES string of the molecule is CC12CC3(C)C4(C)CC(C)(c5c1cnc1c5ccc5c(C#N)cccc51)C234. The molecule has 0 saturated heterocycles. The lowest BCUT2D eigenvalue weighted by Crippen LogP contribution is -2.56. The van der Waals surface area contributed by atoms with Crippen molar-refractivity contribution in [3.8, 4) is 6.07 Å². The molecule has 7 rings (SSSR count). The predicted molar refractivity (Wildman–Crippen MR) is 107 cm³/mol. The highest BCUT2D eigenvalue weighted by Crippen LogP contribution is 3.09. The lowest BCUT2D eigenvalue weighted by Gasteiger charge is -2.57. The second-order valence-electron chi connectivity index (χ2n) is 10.5. The van der Waals surface area contributed by atoms with Gasteiger partial charge in [0.2, 0.25) is 0 Å². The van der Waals surface area contributed by atoms with Gasteiger partial charge in [-0.2, -0.15) is 5.26 Å². The quantitative estimate of drug-likeness (QED) is 0.494. The van der Waals surface area contributed by atoms with Crippen molar-refractivity contribution in [1.82, 2.24) is 4.98 Å². The lowest BCUT2D eigenvalue weighted by molar-refractivity contribution is -0.0343. The van der Waals surface area contributed by atoms with Crippen LogP contribution in [0.3, 0.4) is 0 Å². The highest BCUT2D eigenvalue weighted by molar-refractivity contribution is 6.09. The first kappa shape index (κ1) is 14.6. The van der Waals surface area contributed by atoms with Gasteiger partial charge in [-0.05, 0) is 40.9 Å². The molecule has 132 valence electrons. The monoisotopic (exact) mass is 350 g/mol. The number of nitrogens with zero attached hydrogens (tertiary/aromatic N) is 2. The molecule has 3 aromatic rings. The van der Waals surface area contributed by atoms with E-state index in [1.807, 2.05) is 12.1 Å². The zero-order chi connectivity index (χ0) is 18.6. The Morgan fingerprint density at radius 1 is 0.889 bits per heavy atom. The number of pyridine rings is 1. The van der Waals surface area contributed by atoms with E-state index in [1.165, 1.54) is 23.8 Å². The molecule has 3 fully saturated rings. The Morgan fingerprint density at radius 3 is 2.30 bits per heavy atom. The van der Waals surface area contributed by atoms with Gasteiger partial charge < -0.3 is 0 Å². The first-order valence-electron chi connectivity index (χ1n) is 10.1. The summed E-state index contributed by atoms with van der Waals surface area (Å²) in [7, 11) is 0. The molecule has 0 bridgehead atoms. The van der Waals surface area contributed by atoms with Gasteiger partial charge in [-0.3, -0.25) is 4.98 Å². The van der Waals surface area contributed by atoms with Crippen LogP contribution in [0, 0.1) is 27.6 Å². The Hall–Kier alpha value is -2.40. The highest BCUT2D eigenvalue weighted by atomic mass is 15.1. The van der Waals surface area contributed by atoms with Gasteiger partial charge in [0.05, 0.1) is 17.1 Å². The number of hydrogen-bond acceptors (Lipinski definition) is 2. The van der Waals surface area contributed by atoms with Crippen molar-refractivity contribution in [1.29, 1.82) is 5.26 Å². The molecule has 1 aromatic heterocycles. The van der Waals surface area contributed by atoms with Crippen LogP contribution in [0.2, 0.25) is 0 Å². The Bertz CT molecular complexity index is 1310. The summed E-state index contributed by atoms with van der Waals surface area (Å²) in [6.07, 6.45) is 4.79. The number of nitriles is 1. The van der Waals surface area contributed by atoms with Gasteiger partial charge in [0.25, 0.3) is 0 Å². The van der Waals surface area contributed by atoms with Gasteiger partial charge in [0.15, 0.2) is 0 Å². The summed E-state index contributed by atoms with van der Waals surface area (Å²) in [5.74, 6) is 0. The van der Waals surface area contributed by atoms with E-state index in [0.717, 1.165) is 21.9 Å². The molecule has 2 aromatic carbocycles. The van der Waals surface area contributed by atoms with Crippen LogP contribution in [0.5, 0.6) is 0 Å². The number of rotatable bonds is 0. The molecule has 4 aliphatic carbocycles. The van der Waals surface area contributed by atoms with Crippen LogP contribution < -0.4 is 0 Å². The first-order chi connectivity index (χ1) is 12.8. The van der Waals surface area contributed by atoms with Crippen molar-refractivity contribution in [2.75, 3.05) is 0 Å². The third-order valence-corrected chi connectivity index (χ3v) is 10.0. The smallest absolute Gasteiger partial charge is 0.0998 e. The largest absolute Gasteiger partial charge is 0.255 e. The van der Waals surface area contributed by atoms with Crippen molar-refractivity contribution < 1.29 is 0 Å². The molecule has 5 unspecified atom stereocenters.